The third-order valence-corrected chi connectivity index (χ3v) is 3.59. The van der Waals surface area contributed by atoms with Crippen LogP contribution in [-0.4, -0.2) is 28.9 Å². The van der Waals surface area contributed by atoms with E-state index in [4.69, 9.17) is 0 Å². The number of hydrogen-bond donors (Lipinski definition) is 2. The van der Waals surface area contributed by atoms with Gasteiger partial charge < -0.3 is 10.00 Å². The van der Waals surface area contributed by atoms with Gasteiger partial charge in [-0.3, -0.25) is 19.5 Å². The first-order valence-corrected chi connectivity index (χ1v) is 6.41. The van der Waals surface area contributed by atoms with E-state index in [0.717, 1.165) is 0 Å². The predicted molar refractivity (Wildman–Crippen MR) is 78.3 cm³/mol. The number of nitrogens with one attached hydrogen (secondary N) is 2. The van der Waals surface area contributed by atoms with Crippen molar-refractivity contribution in [2.75, 3.05) is 11.9 Å². The summed E-state index contributed by atoms with van der Waals surface area (Å²) in [6, 6.07) is 6.90. The molecule has 1 aliphatic rings. The van der Waals surface area contributed by atoms with E-state index in [1.54, 1.807) is 38.2 Å². The van der Waals surface area contributed by atoms with Crippen molar-refractivity contribution in [1.82, 2.24) is 10.2 Å². The predicted octanol–water partition coefficient (Wildman–Crippen LogP) is 1.25. The van der Waals surface area contributed by atoms with Crippen molar-refractivity contribution in [3.63, 3.8) is 0 Å². The maximum atomic E-state index is 12.5. The van der Waals surface area contributed by atoms with Gasteiger partial charge in [-0.25, -0.2) is 0 Å². The Hall–Kier alpha value is -2.89. The second kappa shape index (κ2) is 4.59. The summed E-state index contributed by atoms with van der Waals surface area (Å²) in [6.45, 7) is 1.69. The lowest BCUT2D eigenvalue weighted by Crippen LogP contribution is -2.36. The Kier molecular flexibility index (Phi) is 2.86. The molecule has 2 N–H and O–H groups in total. The summed E-state index contributed by atoms with van der Waals surface area (Å²) in [4.78, 5) is 37.9. The Balaban J connectivity index is 2.20. The molecule has 2 aromatic rings. The number of likely N-dealkylation sites (N-methyl/N-ethyl adjacent to an activating group) is 1. The van der Waals surface area contributed by atoms with Crippen LogP contribution in [0.2, 0.25) is 0 Å². The van der Waals surface area contributed by atoms with Crippen LogP contribution in [0.5, 0.6) is 0 Å². The molecule has 21 heavy (non-hydrogen) atoms. The number of nitrogens with zero attached hydrogens (tertiary/aromatic N) is 1. The van der Waals surface area contributed by atoms with Crippen molar-refractivity contribution in [2.24, 2.45) is 0 Å². The molecule has 1 amide bonds. The number of ketones is 1. The van der Waals surface area contributed by atoms with Crippen LogP contribution in [0.3, 0.4) is 0 Å². The number of benzene rings is 1. The summed E-state index contributed by atoms with van der Waals surface area (Å²) in [5.41, 5.74) is 1.53. The number of Topliss-reactive ketones (excluding diaryl/α,β-unsaturated/α-hetero) is 1. The number of aromatic amines is 2. The summed E-state index contributed by atoms with van der Waals surface area (Å²) in [6.07, 6.45) is 1.35. The topological polar surface area (TPSA) is 86.0 Å². The molecule has 0 saturated heterocycles. The number of fused-ring (bicyclic) bond motifs is 1. The van der Waals surface area contributed by atoms with E-state index >= 15 is 0 Å². The van der Waals surface area contributed by atoms with E-state index in [9.17, 15) is 14.4 Å². The lowest BCUT2D eigenvalue weighted by molar-refractivity contribution is -0.114. The average Bonchev–Trinajstić information content (AvgIpc) is 2.80. The second-order valence-electron chi connectivity index (χ2n) is 4.89. The Morgan fingerprint density at radius 2 is 1.81 bits per heavy atom. The van der Waals surface area contributed by atoms with Crippen molar-refractivity contribution >= 4 is 23.5 Å². The lowest BCUT2D eigenvalue weighted by Gasteiger charge is -2.26. The standard InChI is InChI=1S/C15H13N3O3/c1-8-10(14(20)17-16-8)7-11-13(19)9-5-3-4-6-12(9)18(2)15(11)21/h3-7H,1-2H3,(H2,16,17,20)/b11-7+. The molecule has 3 rings (SSSR count). The maximum Gasteiger partial charge on any atom is 0.271 e. The number of amides is 1. The van der Waals surface area contributed by atoms with Gasteiger partial charge in [0.1, 0.15) is 0 Å². The van der Waals surface area contributed by atoms with Gasteiger partial charge in [0.2, 0.25) is 5.78 Å². The van der Waals surface area contributed by atoms with Crippen LogP contribution in [0.1, 0.15) is 21.6 Å². The maximum absolute atomic E-state index is 12.5. The molecule has 0 radical (unpaired) electrons. The van der Waals surface area contributed by atoms with Crippen LogP contribution < -0.4 is 10.5 Å². The van der Waals surface area contributed by atoms with Gasteiger partial charge in [0.15, 0.2) is 0 Å². The van der Waals surface area contributed by atoms with Crippen LogP contribution in [0, 0.1) is 6.92 Å². The second-order valence-corrected chi connectivity index (χ2v) is 4.89. The zero-order valence-electron chi connectivity index (χ0n) is 11.6. The Bertz CT molecular complexity index is 842. The molecule has 0 bridgehead atoms. The first-order valence-electron chi connectivity index (χ1n) is 6.41. The number of carbonyl (C=O) groups is 2. The number of H-pyrrole nitrogens is 2. The fourth-order valence-corrected chi connectivity index (χ4v) is 2.39. The van der Waals surface area contributed by atoms with Gasteiger partial charge in [0.25, 0.3) is 11.5 Å². The number of para-hydroxylation sites is 1. The minimum absolute atomic E-state index is 0.00981. The summed E-state index contributed by atoms with van der Waals surface area (Å²) in [5, 5.41) is 5.09. The van der Waals surface area contributed by atoms with E-state index in [2.05, 4.69) is 10.2 Å². The van der Waals surface area contributed by atoms with Gasteiger partial charge in [-0.05, 0) is 25.1 Å². The molecular weight excluding hydrogens is 270 g/mol. The highest BCUT2D eigenvalue weighted by molar-refractivity contribution is 6.36. The Labute approximate surface area is 120 Å². The molecule has 1 aromatic carbocycles. The van der Waals surface area contributed by atoms with E-state index in [1.807, 2.05) is 0 Å². The van der Waals surface area contributed by atoms with Gasteiger partial charge in [-0.2, -0.15) is 0 Å². The molecule has 0 aliphatic carbocycles. The minimum Gasteiger partial charge on any atom is -0.311 e. The van der Waals surface area contributed by atoms with E-state index in [-0.39, 0.29) is 16.9 Å². The zero-order valence-corrected chi connectivity index (χ0v) is 11.6. The molecule has 6 nitrogen and oxygen atoms in total. The van der Waals surface area contributed by atoms with E-state index in [0.29, 0.717) is 22.5 Å². The highest BCUT2D eigenvalue weighted by Gasteiger charge is 2.32. The number of rotatable bonds is 1. The third kappa shape index (κ3) is 1.92. The summed E-state index contributed by atoms with van der Waals surface area (Å²) in [7, 11) is 1.61. The van der Waals surface area contributed by atoms with Crippen LogP contribution in [0.25, 0.3) is 6.08 Å². The molecule has 0 fully saturated rings. The number of aryl methyl sites for hydroxylation is 1. The monoisotopic (exact) mass is 283 g/mol. The molecule has 2 heterocycles. The molecule has 6 heteroatoms. The van der Waals surface area contributed by atoms with Crippen LogP contribution in [0.4, 0.5) is 5.69 Å². The normalized spacial score (nSPS) is 16.5. The zero-order chi connectivity index (χ0) is 15.1. The Morgan fingerprint density at radius 3 is 2.48 bits per heavy atom. The largest absolute Gasteiger partial charge is 0.311 e. The molecule has 0 unspecified atom stereocenters. The summed E-state index contributed by atoms with van der Waals surface area (Å²) in [5.74, 6) is -0.785. The fraction of sp³-hybridized carbons (Fsp3) is 0.133. The molecule has 0 atom stereocenters. The van der Waals surface area contributed by atoms with Gasteiger partial charge in [-0.15, -0.1) is 0 Å². The van der Waals surface area contributed by atoms with Crippen molar-refractivity contribution in [3.8, 4) is 0 Å². The molecular formula is C15H13N3O3. The van der Waals surface area contributed by atoms with Crippen molar-refractivity contribution in [2.45, 2.75) is 6.92 Å². The van der Waals surface area contributed by atoms with Crippen LogP contribution in [0.15, 0.2) is 34.6 Å². The van der Waals surface area contributed by atoms with Crippen LogP contribution >= 0.6 is 0 Å². The van der Waals surface area contributed by atoms with E-state index < -0.39 is 5.91 Å². The molecule has 106 valence electrons. The Morgan fingerprint density at radius 1 is 1.10 bits per heavy atom. The minimum atomic E-state index is -0.418. The van der Waals surface area contributed by atoms with E-state index in [1.165, 1.54) is 11.0 Å². The van der Waals surface area contributed by atoms with Gasteiger partial charge >= 0.3 is 0 Å². The van der Waals surface area contributed by atoms with Gasteiger partial charge in [0, 0.05) is 18.3 Å². The SMILES string of the molecule is Cc1[nH][nH]c(=O)c1/C=C1\C(=O)c2ccccc2N(C)C1=O. The highest BCUT2D eigenvalue weighted by Crippen LogP contribution is 2.29. The summed E-state index contributed by atoms with van der Waals surface area (Å²) >= 11 is 0. The number of aromatic nitrogens is 2. The molecule has 1 aliphatic heterocycles. The third-order valence-electron chi connectivity index (χ3n) is 3.59. The fourth-order valence-electron chi connectivity index (χ4n) is 2.39. The number of hydrogen-bond acceptors (Lipinski definition) is 3. The number of anilines is 1. The lowest BCUT2D eigenvalue weighted by atomic mass is 9.94. The van der Waals surface area contributed by atoms with Crippen molar-refractivity contribution in [1.29, 1.82) is 0 Å². The quantitative estimate of drug-likeness (QED) is 0.610. The van der Waals surface area contributed by atoms with Gasteiger partial charge in [-0.1, -0.05) is 12.1 Å². The molecule has 0 spiro atoms. The first kappa shape index (κ1) is 13.1. The summed E-state index contributed by atoms with van der Waals surface area (Å²) < 4.78 is 0. The number of carbonyl (C=O) groups excluding carboxylic acids is 2. The molecule has 0 saturated carbocycles. The smallest absolute Gasteiger partial charge is 0.271 e. The van der Waals surface area contributed by atoms with Gasteiger partial charge in [0.05, 0.1) is 16.8 Å². The highest BCUT2D eigenvalue weighted by atomic mass is 16.2. The average molecular weight is 283 g/mol. The van der Waals surface area contributed by atoms with Crippen molar-refractivity contribution < 1.29 is 9.59 Å². The molecule has 1 aromatic heterocycles. The van der Waals surface area contributed by atoms with Crippen molar-refractivity contribution in [3.05, 3.63) is 57.0 Å². The first-order chi connectivity index (χ1) is 10.0. The van der Waals surface area contributed by atoms with Crippen LogP contribution in [-0.2, 0) is 4.79 Å².